The zero-order chi connectivity index (χ0) is 21.3. The van der Waals surface area contributed by atoms with E-state index in [0.29, 0.717) is 5.92 Å². The predicted octanol–water partition coefficient (Wildman–Crippen LogP) is 4.57. The molecule has 2 aromatic heterocycles. The van der Waals surface area contributed by atoms with E-state index in [1.807, 2.05) is 18.3 Å². The normalized spacial score (nSPS) is 18.7. The molecule has 6 heteroatoms. The smallest absolute Gasteiger partial charge is 0.170 e. The minimum absolute atomic E-state index is 0.00662. The monoisotopic (exact) mass is 419 g/mol. The van der Waals surface area contributed by atoms with Crippen LogP contribution >= 0.6 is 12.2 Å². The van der Waals surface area contributed by atoms with Crippen molar-refractivity contribution in [3.8, 4) is 5.69 Å². The molecule has 0 bridgehead atoms. The number of aromatic nitrogens is 2. The van der Waals surface area contributed by atoms with Crippen molar-refractivity contribution in [1.82, 2.24) is 19.8 Å². The molecule has 0 radical (unpaired) electrons. The molecule has 0 amide bonds. The number of hydrogen-bond acceptors (Lipinski definition) is 3. The van der Waals surface area contributed by atoms with Gasteiger partial charge in [0.05, 0.1) is 17.8 Å². The van der Waals surface area contributed by atoms with Crippen LogP contribution in [0.1, 0.15) is 37.3 Å². The molecule has 0 spiro atoms. The van der Waals surface area contributed by atoms with Gasteiger partial charge in [-0.05, 0) is 66.7 Å². The lowest BCUT2D eigenvalue weighted by Crippen LogP contribution is -2.33. The Morgan fingerprint density at radius 3 is 2.47 bits per heavy atom. The quantitative estimate of drug-likeness (QED) is 0.593. The third-order valence-electron chi connectivity index (χ3n) is 5.49. The van der Waals surface area contributed by atoms with Crippen LogP contribution in [0.3, 0.4) is 0 Å². The average Bonchev–Trinajstić information content (AvgIpc) is 3.33. The summed E-state index contributed by atoms with van der Waals surface area (Å²) < 4.78 is 2.27. The van der Waals surface area contributed by atoms with Crippen molar-refractivity contribution in [2.45, 2.75) is 25.9 Å². The summed E-state index contributed by atoms with van der Waals surface area (Å²) in [5.74, 6) is 0.498. The lowest BCUT2D eigenvalue weighted by atomic mass is 10.0. The van der Waals surface area contributed by atoms with E-state index >= 15 is 0 Å². The number of thiocarbonyl (C=S) groups is 1. The Labute approximate surface area is 184 Å². The molecule has 1 saturated heterocycles. The second-order valence-electron chi connectivity index (χ2n) is 8.39. The van der Waals surface area contributed by atoms with Crippen molar-refractivity contribution in [1.29, 1.82) is 0 Å². The summed E-state index contributed by atoms with van der Waals surface area (Å²) >= 11 is 5.76. The third kappa shape index (κ3) is 3.92. The average molecular weight is 420 g/mol. The molecule has 1 aliphatic rings. The molecule has 1 aromatic carbocycles. The largest absolute Gasteiger partial charge is 0.378 e. The molecule has 0 saturated carbocycles. The molecule has 0 aliphatic carbocycles. The van der Waals surface area contributed by atoms with Crippen molar-refractivity contribution < 1.29 is 0 Å². The van der Waals surface area contributed by atoms with E-state index < -0.39 is 0 Å². The molecule has 30 heavy (non-hydrogen) atoms. The van der Waals surface area contributed by atoms with E-state index in [2.05, 4.69) is 101 Å². The summed E-state index contributed by atoms with van der Waals surface area (Å²) in [6.45, 7) is 5.35. The molecule has 2 atom stereocenters. The van der Waals surface area contributed by atoms with Crippen molar-refractivity contribution in [3.05, 3.63) is 78.4 Å². The van der Waals surface area contributed by atoms with Gasteiger partial charge in [-0.1, -0.05) is 19.9 Å². The van der Waals surface area contributed by atoms with Crippen LogP contribution in [0.5, 0.6) is 0 Å². The number of benzene rings is 1. The number of hydrogen-bond donors (Lipinski definition) is 1. The summed E-state index contributed by atoms with van der Waals surface area (Å²) in [6.07, 6.45) is 3.98. The van der Waals surface area contributed by atoms with Gasteiger partial charge in [0.15, 0.2) is 5.11 Å². The summed E-state index contributed by atoms with van der Waals surface area (Å²) in [5, 5.41) is 4.33. The van der Waals surface area contributed by atoms with Gasteiger partial charge in [0.1, 0.15) is 0 Å². The topological polar surface area (TPSA) is 36.3 Å². The first kappa shape index (κ1) is 20.4. The van der Waals surface area contributed by atoms with Crippen LogP contribution in [0, 0.1) is 5.92 Å². The highest BCUT2D eigenvalue weighted by atomic mass is 32.1. The van der Waals surface area contributed by atoms with E-state index in [0.717, 1.165) is 23.0 Å². The molecule has 4 rings (SSSR count). The van der Waals surface area contributed by atoms with Crippen LogP contribution in [0.25, 0.3) is 5.69 Å². The van der Waals surface area contributed by atoms with Crippen LogP contribution in [-0.2, 0) is 0 Å². The first-order chi connectivity index (χ1) is 14.5. The molecule has 1 aliphatic heterocycles. The fraction of sp³-hybridized carbons (Fsp3) is 0.333. The van der Waals surface area contributed by atoms with Gasteiger partial charge in [0.25, 0.3) is 0 Å². The zero-order valence-corrected chi connectivity index (χ0v) is 18.8. The minimum atomic E-state index is 0.00662. The molecule has 1 fully saturated rings. The van der Waals surface area contributed by atoms with Gasteiger partial charge in [-0.2, -0.15) is 0 Å². The summed E-state index contributed by atoms with van der Waals surface area (Å²) in [5.41, 5.74) is 4.54. The van der Waals surface area contributed by atoms with Gasteiger partial charge < -0.3 is 19.7 Å². The van der Waals surface area contributed by atoms with Crippen LogP contribution in [0.2, 0.25) is 0 Å². The minimum Gasteiger partial charge on any atom is -0.378 e. The van der Waals surface area contributed by atoms with Gasteiger partial charge in [0.2, 0.25) is 0 Å². The summed E-state index contributed by atoms with van der Waals surface area (Å²) in [7, 11) is 4.12. The van der Waals surface area contributed by atoms with Crippen molar-refractivity contribution in [3.63, 3.8) is 0 Å². The van der Waals surface area contributed by atoms with Crippen molar-refractivity contribution in [2.24, 2.45) is 5.92 Å². The lowest BCUT2D eigenvalue weighted by molar-refractivity contribution is 0.280. The lowest BCUT2D eigenvalue weighted by Gasteiger charge is -2.30. The van der Waals surface area contributed by atoms with E-state index in [4.69, 9.17) is 12.2 Å². The van der Waals surface area contributed by atoms with Gasteiger partial charge in [0, 0.05) is 50.1 Å². The van der Waals surface area contributed by atoms with E-state index in [1.165, 1.54) is 11.4 Å². The Balaban J connectivity index is 1.77. The molecule has 2 unspecified atom stereocenters. The van der Waals surface area contributed by atoms with Gasteiger partial charge in [-0.25, -0.2) is 0 Å². The maximum atomic E-state index is 5.76. The van der Waals surface area contributed by atoms with Crippen LogP contribution in [0.4, 0.5) is 5.69 Å². The predicted molar refractivity (Wildman–Crippen MR) is 127 cm³/mol. The maximum Gasteiger partial charge on any atom is 0.170 e. The standard InChI is InChI=1S/C24H29N5S/c1-17(2)16-29-23(22(26-24(29)30)20-8-5-6-14-25-20)21-9-7-15-28(21)19-12-10-18(11-13-19)27(3)4/h5-15,17,22-23H,16H2,1-4H3,(H,26,30). The first-order valence-corrected chi connectivity index (χ1v) is 10.8. The van der Waals surface area contributed by atoms with Crippen LogP contribution in [0.15, 0.2) is 67.0 Å². The van der Waals surface area contributed by atoms with Gasteiger partial charge in [-0.15, -0.1) is 0 Å². The highest BCUT2D eigenvalue weighted by molar-refractivity contribution is 7.80. The summed E-state index contributed by atoms with van der Waals surface area (Å²) in [4.78, 5) is 9.07. The Bertz CT molecular complexity index is 994. The zero-order valence-electron chi connectivity index (χ0n) is 18.0. The molecule has 5 nitrogen and oxygen atoms in total. The number of pyridine rings is 1. The second-order valence-corrected chi connectivity index (χ2v) is 8.77. The Kier molecular flexibility index (Phi) is 5.77. The first-order valence-electron chi connectivity index (χ1n) is 10.4. The van der Waals surface area contributed by atoms with E-state index in [-0.39, 0.29) is 12.1 Å². The Hall–Kier alpha value is -2.86. The molecule has 1 N–H and O–H groups in total. The van der Waals surface area contributed by atoms with Crippen molar-refractivity contribution >= 4 is 23.0 Å². The van der Waals surface area contributed by atoms with Crippen molar-refractivity contribution in [2.75, 3.05) is 25.5 Å². The number of rotatable bonds is 6. The molecule has 156 valence electrons. The number of nitrogens with one attached hydrogen (secondary N) is 1. The SMILES string of the molecule is CC(C)CN1C(=S)NC(c2ccccn2)C1c1cccn1-c1ccc(N(C)C)cc1. The third-order valence-corrected chi connectivity index (χ3v) is 5.84. The maximum absolute atomic E-state index is 5.76. The number of anilines is 1. The molecule has 3 heterocycles. The fourth-order valence-electron chi connectivity index (χ4n) is 4.10. The molecular weight excluding hydrogens is 390 g/mol. The Morgan fingerprint density at radius 1 is 1.07 bits per heavy atom. The molecule has 3 aromatic rings. The van der Waals surface area contributed by atoms with Crippen LogP contribution in [-0.4, -0.2) is 40.2 Å². The summed E-state index contributed by atoms with van der Waals surface area (Å²) in [6, 6.07) is 19.1. The van der Waals surface area contributed by atoms with Crippen LogP contribution < -0.4 is 10.2 Å². The van der Waals surface area contributed by atoms with E-state index in [1.54, 1.807) is 0 Å². The number of nitrogens with zero attached hydrogens (tertiary/aromatic N) is 4. The highest BCUT2D eigenvalue weighted by Gasteiger charge is 2.41. The van der Waals surface area contributed by atoms with Gasteiger partial charge in [-0.3, -0.25) is 4.98 Å². The van der Waals surface area contributed by atoms with Gasteiger partial charge >= 0.3 is 0 Å². The molecular formula is C24H29N5S. The fourth-order valence-corrected chi connectivity index (χ4v) is 4.41. The Morgan fingerprint density at radius 2 is 1.83 bits per heavy atom. The second kappa shape index (κ2) is 8.48. The highest BCUT2D eigenvalue weighted by Crippen LogP contribution is 2.40. The van der Waals surface area contributed by atoms with E-state index in [9.17, 15) is 0 Å².